The monoisotopic (exact) mass is 154 g/mol. The average Bonchev–Trinajstić information content (AvgIpc) is 2.82. The van der Waals surface area contributed by atoms with Gasteiger partial charge in [-0.2, -0.15) is 5.26 Å². The van der Waals surface area contributed by atoms with Crippen molar-refractivity contribution in [3.63, 3.8) is 0 Å². The van der Waals surface area contributed by atoms with Gasteiger partial charge in [-0.15, -0.1) is 0 Å². The molecule has 0 radical (unpaired) electrons. The van der Waals surface area contributed by atoms with E-state index >= 15 is 0 Å². The number of ether oxygens (including phenoxy) is 1. The maximum absolute atomic E-state index is 8.51. The highest BCUT2D eigenvalue weighted by atomic mass is 16.5. The van der Waals surface area contributed by atoms with Gasteiger partial charge in [0.2, 0.25) is 0 Å². The van der Waals surface area contributed by atoms with Gasteiger partial charge in [0, 0.05) is 6.61 Å². The van der Waals surface area contributed by atoms with Crippen molar-refractivity contribution in [2.45, 2.75) is 18.9 Å². The van der Waals surface area contributed by atoms with Crippen molar-refractivity contribution in [1.82, 2.24) is 5.32 Å². The summed E-state index contributed by atoms with van der Waals surface area (Å²) < 4.78 is 5.32. The maximum Gasteiger partial charge on any atom is 0.119 e. The molecule has 1 N–H and O–H groups in total. The minimum atomic E-state index is -0.145. The van der Waals surface area contributed by atoms with Gasteiger partial charge in [0.1, 0.15) is 6.04 Å². The zero-order valence-electron chi connectivity index (χ0n) is 6.84. The summed E-state index contributed by atoms with van der Waals surface area (Å²) in [5.74, 6) is 0.784. The molecule has 1 aliphatic carbocycles. The van der Waals surface area contributed by atoms with Crippen LogP contribution in [0.2, 0.25) is 0 Å². The molecule has 0 aromatic rings. The van der Waals surface area contributed by atoms with Crippen molar-refractivity contribution in [3.05, 3.63) is 0 Å². The topological polar surface area (TPSA) is 45.0 Å². The van der Waals surface area contributed by atoms with Crippen molar-refractivity contribution in [1.29, 1.82) is 5.26 Å². The van der Waals surface area contributed by atoms with Gasteiger partial charge in [0.15, 0.2) is 0 Å². The number of likely N-dealkylation sites (N-methyl/N-ethyl adjacent to an activating group) is 1. The van der Waals surface area contributed by atoms with Crippen LogP contribution in [0.15, 0.2) is 0 Å². The molecule has 0 saturated heterocycles. The van der Waals surface area contributed by atoms with Crippen LogP contribution in [-0.2, 0) is 4.74 Å². The Hall–Kier alpha value is -0.590. The maximum atomic E-state index is 8.51. The largest absolute Gasteiger partial charge is 0.378 e. The molecule has 1 fully saturated rings. The molecule has 0 spiro atoms. The number of nitrogens with zero attached hydrogens (tertiary/aromatic N) is 1. The Morgan fingerprint density at radius 2 is 2.45 bits per heavy atom. The molecule has 0 heterocycles. The van der Waals surface area contributed by atoms with Crippen LogP contribution < -0.4 is 5.32 Å². The van der Waals surface area contributed by atoms with E-state index in [4.69, 9.17) is 10.00 Å². The summed E-state index contributed by atoms with van der Waals surface area (Å²) in [6, 6.07) is 1.97. The van der Waals surface area contributed by atoms with Crippen LogP contribution in [0.1, 0.15) is 12.8 Å². The van der Waals surface area contributed by atoms with Gasteiger partial charge in [0.25, 0.3) is 0 Å². The van der Waals surface area contributed by atoms with E-state index in [2.05, 4.69) is 11.4 Å². The lowest BCUT2D eigenvalue weighted by Crippen LogP contribution is -2.28. The summed E-state index contributed by atoms with van der Waals surface area (Å²) in [4.78, 5) is 0. The minimum absolute atomic E-state index is 0.145. The fraction of sp³-hybridized carbons (Fsp3) is 0.875. The van der Waals surface area contributed by atoms with Crippen LogP contribution in [-0.4, -0.2) is 26.3 Å². The SMILES string of the molecule is CNC(C#N)COCC1CC1. The zero-order chi connectivity index (χ0) is 8.10. The molecule has 0 aliphatic heterocycles. The van der Waals surface area contributed by atoms with E-state index in [9.17, 15) is 0 Å². The second kappa shape index (κ2) is 4.32. The van der Waals surface area contributed by atoms with Crippen molar-refractivity contribution in [2.75, 3.05) is 20.3 Å². The van der Waals surface area contributed by atoms with E-state index in [1.165, 1.54) is 12.8 Å². The lowest BCUT2D eigenvalue weighted by Gasteiger charge is -2.07. The second-order valence-corrected chi connectivity index (χ2v) is 2.95. The predicted molar refractivity (Wildman–Crippen MR) is 42.0 cm³/mol. The first kappa shape index (κ1) is 8.51. The Balaban J connectivity index is 1.95. The average molecular weight is 154 g/mol. The quantitative estimate of drug-likeness (QED) is 0.628. The molecular formula is C8H14N2O. The smallest absolute Gasteiger partial charge is 0.119 e. The summed E-state index contributed by atoms with van der Waals surface area (Å²) in [6.45, 7) is 1.35. The van der Waals surface area contributed by atoms with Gasteiger partial charge < -0.3 is 10.1 Å². The highest BCUT2D eigenvalue weighted by Gasteiger charge is 2.21. The van der Waals surface area contributed by atoms with Gasteiger partial charge in [-0.3, -0.25) is 0 Å². The van der Waals surface area contributed by atoms with Gasteiger partial charge >= 0.3 is 0 Å². The van der Waals surface area contributed by atoms with Crippen LogP contribution in [0.5, 0.6) is 0 Å². The molecule has 1 aliphatic rings. The van der Waals surface area contributed by atoms with Crippen LogP contribution in [0, 0.1) is 17.2 Å². The summed E-state index contributed by atoms with van der Waals surface area (Å²) in [6.07, 6.45) is 2.60. The molecule has 3 nitrogen and oxygen atoms in total. The van der Waals surface area contributed by atoms with Crippen molar-refractivity contribution in [2.24, 2.45) is 5.92 Å². The van der Waals surface area contributed by atoms with Gasteiger partial charge in [0.05, 0.1) is 12.7 Å². The fourth-order valence-electron chi connectivity index (χ4n) is 0.822. The van der Waals surface area contributed by atoms with E-state index < -0.39 is 0 Å². The van der Waals surface area contributed by atoms with Crippen molar-refractivity contribution in [3.8, 4) is 6.07 Å². The molecule has 1 unspecified atom stereocenters. The Morgan fingerprint density at radius 1 is 1.73 bits per heavy atom. The summed E-state index contributed by atoms with van der Waals surface area (Å²) >= 11 is 0. The Morgan fingerprint density at radius 3 is 2.91 bits per heavy atom. The van der Waals surface area contributed by atoms with E-state index in [-0.39, 0.29) is 6.04 Å². The lowest BCUT2D eigenvalue weighted by atomic mass is 10.3. The van der Waals surface area contributed by atoms with Crippen LogP contribution >= 0.6 is 0 Å². The number of rotatable bonds is 5. The summed E-state index contributed by atoms with van der Waals surface area (Å²) in [5.41, 5.74) is 0. The van der Waals surface area contributed by atoms with E-state index in [0.717, 1.165) is 12.5 Å². The first-order chi connectivity index (χ1) is 5.36. The minimum Gasteiger partial charge on any atom is -0.378 e. The Kier molecular flexibility index (Phi) is 3.34. The lowest BCUT2D eigenvalue weighted by molar-refractivity contribution is 0.115. The van der Waals surface area contributed by atoms with Crippen molar-refractivity contribution < 1.29 is 4.74 Å². The van der Waals surface area contributed by atoms with E-state index in [0.29, 0.717) is 6.61 Å². The zero-order valence-corrected chi connectivity index (χ0v) is 6.84. The molecule has 1 rings (SSSR count). The Labute approximate surface area is 67.3 Å². The van der Waals surface area contributed by atoms with Crippen LogP contribution in [0.25, 0.3) is 0 Å². The first-order valence-corrected chi connectivity index (χ1v) is 4.01. The highest BCUT2D eigenvalue weighted by molar-refractivity contribution is 4.88. The molecule has 3 heteroatoms. The molecule has 0 aromatic heterocycles. The Bertz CT molecular complexity index is 149. The third kappa shape index (κ3) is 3.35. The molecule has 0 amide bonds. The fourth-order valence-corrected chi connectivity index (χ4v) is 0.822. The third-order valence-corrected chi connectivity index (χ3v) is 1.84. The van der Waals surface area contributed by atoms with E-state index in [1.54, 1.807) is 7.05 Å². The molecule has 0 aromatic carbocycles. The van der Waals surface area contributed by atoms with Gasteiger partial charge in [-0.05, 0) is 25.8 Å². The molecule has 1 atom stereocenters. The first-order valence-electron chi connectivity index (χ1n) is 4.01. The van der Waals surface area contributed by atoms with Crippen molar-refractivity contribution >= 4 is 0 Å². The number of hydrogen-bond donors (Lipinski definition) is 1. The van der Waals surface area contributed by atoms with Crippen LogP contribution in [0.3, 0.4) is 0 Å². The molecule has 11 heavy (non-hydrogen) atoms. The number of nitrogens with one attached hydrogen (secondary N) is 1. The second-order valence-electron chi connectivity index (χ2n) is 2.95. The summed E-state index contributed by atoms with van der Waals surface area (Å²) in [5, 5.41) is 11.4. The van der Waals surface area contributed by atoms with Gasteiger partial charge in [-0.1, -0.05) is 0 Å². The van der Waals surface area contributed by atoms with E-state index in [1.807, 2.05) is 0 Å². The molecule has 62 valence electrons. The van der Waals surface area contributed by atoms with Crippen LogP contribution in [0.4, 0.5) is 0 Å². The standard InChI is InChI=1S/C8H14N2O/c1-10-8(4-9)6-11-5-7-2-3-7/h7-8,10H,2-3,5-6H2,1H3. The highest BCUT2D eigenvalue weighted by Crippen LogP contribution is 2.28. The number of nitriles is 1. The molecular weight excluding hydrogens is 140 g/mol. The molecule has 1 saturated carbocycles. The van der Waals surface area contributed by atoms with Gasteiger partial charge in [-0.25, -0.2) is 0 Å². The summed E-state index contributed by atoms with van der Waals surface area (Å²) in [7, 11) is 1.77. The third-order valence-electron chi connectivity index (χ3n) is 1.84. The molecule has 0 bridgehead atoms. The number of hydrogen-bond acceptors (Lipinski definition) is 3. The predicted octanol–water partition coefficient (Wildman–Crippen LogP) is 0.525. The normalized spacial score (nSPS) is 19.3.